The fraction of sp³-hybridized carbons (Fsp3) is 0.667. The van der Waals surface area contributed by atoms with Crippen LogP contribution in [0.25, 0.3) is 0 Å². The lowest BCUT2D eigenvalue weighted by molar-refractivity contribution is 0.297. The van der Waals surface area contributed by atoms with Crippen molar-refractivity contribution in [2.45, 2.75) is 60.4 Å². The van der Waals surface area contributed by atoms with E-state index in [0.717, 1.165) is 18.9 Å². The minimum Gasteiger partial charge on any atom is -0.313 e. The highest BCUT2D eigenvalue weighted by Crippen LogP contribution is 2.19. The Hall–Kier alpha value is -0.820. The van der Waals surface area contributed by atoms with Gasteiger partial charge in [-0.1, -0.05) is 57.0 Å². The van der Waals surface area contributed by atoms with Crippen LogP contribution in [-0.4, -0.2) is 12.6 Å². The van der Waals surface area contributed by atoms with E-state index in [1.54, 1.807) is 0 Å². The molecule has 0 aliphatic heterocycles. The predicted molar refractivity (Wildman–Crippen MR) is 85.7 cm³/mol. The smallest absolute Gasteiger partial charge is 0.0135 e. The van der Waals surface area contributed by atoms with Crippen LogP contribution < -0.4 is 5.32 Å². The minimum atomic E-state index is 0.584. The van der Waals surface area contributed by atoms with Crippen molar-refractivity contribution < 1.29 is 0 Å². The molecule has 1 N–H and O–H groups in total. The summed E-state index contributed by atoms with van der Waals surface area (Å²) in [6.07, 6.45) is 2.34. The molecule has 0 amide bonds. The summed E-state index contributed by atoms with van der Waals surface area (Å²) in [7, 11) is 0. The Labute approximate surface area is 119 Å². The van der Waals surface area contributed by atoms with Crippen LogP contribution >= 0.6 is 0 Å². The monoisotopic (exact) mass is 261 g/mol. The first-order valence-electron chi connectivity index (χ1n) is 7.74. The molecule has 0 fully saturated rings. The summed E-state index contributed by atoms with van der Waals surface area (Å²) in [6.45, 7) is 14.8. The van der Waals surface area contributed by atoms with E-state index in [1.807, 2.05) is 0 Å². The zero-order valence-corrected chi connectivity index (χ0v) is 13.6. The van der Waals surface area contributed by atoms with Crippen LogP contribution in [0, 0.1) is 25.7 Å². The van der Waals surface area contributed by atoms with Crippen molar-refractivity contribution in [3.63, 3.8) is 0 Å². The van der Waals surface area contributed by atoms with Gasteiger partial charge < -0.3 is 5.32 Å². The molecular weight excluding hydrogens is 230 g/mol. The van der Waals surface area contributed by atoms with Crippen molar-refractivity contribution >= 4 is 0 Å². The number of nitrogens with one attached hydrogen (secondary N) is 1. The lowest BCUT2D eigenvalue weighted by atomic mass is 9.86. The summed E-state index contributed by atoms with van der Waals surface area (Å²) in [6, 6.07) is 7.51. The van der Waals surface area contributed by atoms with Crippen LogP contribution in [0.3, 0.4) is 0 Å². The number of hydrogen-bond donors (Lipinski definition) is 1. The normalized spacial score (nSPS) is 14.7. The van der Waals surface area contributed by atoms with Gasteiger partial charge in [-0.25, -0.2) is 0 Å². The molecule has 0 bridgehead atoms. The molecule has 2 atom stereocenters. The molecule has 19 heavy (non-hydrogen) atoms. The molecule has 0 saturated heterocycles. The maximum atomic E-state index is 3.74. The minimum absolute atomic E-state index is 0.584. The standard InChI is InChI=1S/C18H31N/c1-7-8-19-18(16(6)13(2)3)12-17-10-14(4)9-15(5)11-17/h9-11,13,16,18-19H,7-8,12H2,1-6H3. The predicted octanol–water partition coefficient (Wildman–Crippen LogP) is 4.51. The van der Waals surface area contributed by atoms with Crippen molar-refractivity contribution in [3.05, 3.63) is 34.9 Å². The average molecular weight is 261 g/mol. The number of benzene rings is 1. The van der Waals surface area contributed by atoms with Crippen LogP contribution in [0.4, 0.5) is 0 Å². The van der Waals surface area contributed by atoms with Gasteiger partial charge >= 0.3 is 0 Å². The Morgan fingerprint density at radius 3 is 2.05 bits per heavy atom. The quantitative estimate of drug-likeness (QED) is 0.761. The van der Waals surface area contributed by atoms with Gasteiger partial charge in [0.1, 0.15) is 0 Å². The molecular formula is C18H31N. The van der Waals surface area contributed by atoms with Crippen molar-refractivity contribution in [2.24, 2.45) is 11.8 Å². The van der Waals surface area contributed by atoms with Gasteiger partial charge in [0, 0.05) is 6.04 Å². The maximum Gasteiger partial charge on any atom is 0.0135 e. The Bertz CT molecular complexity index is 361. The molecule has 0 saturated carbocycles. The topological polar surface area (TPSA) is 12.0 Å². The molecule has 0 heterocycles. The van der Waals surface area contributed by atoms with Crippen molar-refractivity contribution in [1.29, 1.82) is 0 Å². The van der Waals surface area contributed by atoms with Crippen molar-refractivity contribution in [3.8, 4) is 0 Å². The fourth-order valence-electron chi connectivity index (χ4n) is 2.68. The van der Waals surface area contributed by atoms with Crippen molar-refractivity contribution in [2.75, 3.05) is 6.54 Å². The van der Waals surface area contributed by atoms with Gasteiger partial charge in [-0.05, 0) is 50.6 Å². The maximum absolute atomic E-state index is 3.74. The highest BCUT2D eigenvalue weighted by atomic mass is 14.9. The highest BCUT2D eigenvalue weighted by Gasteiger charge is 2.20. The lowest BCUT2D eigenvalue weighted by Gasteiger charge is -2.28. The highest BCUT2D eigenvalue weighted by molar-refractivity contribution is 5.29. The molecule has 1 nitrogen and oxygen atoms in total. The first-order chi connectivity index (χ1) is 8.93. The van der Waals surface area contributed by atoms with E-state index >= 15 is 0 Å². The summed E-state index contributed by atoms with van der Waals surface area (Å²) in [5.74, 6) is 1.42. The molecule has 1 heteroatoms. The van der Waals surface area contributed by atoms with Gasteiger partial charge in [0.2, 0.25) is 0 Å². The molecule has 2 unspecified atom stereocenters. The zero-order chi connectivity index (χ0) is 14.4. The fourth-order valence-corrected chi connectivity index (χ4v) is 2.68. The van der Waals surface area contributed by atoms with Crippen LogP contribution in [-0.2, 0) is 6.42 Å². The molecule has 0 aliphatic carbocycles. The Morgan fingerprint density at radius 1 is 1.00 bits per heavy atom. The SMILES string of the molecule is CCCNC(Cc1cc(C)cc(C)c1)C(C)C(C)C. The Morgan fingerprint density at radius 2 is 1.58 bits per heavy atom. The van der Waals surface area contributed by atoms with Crippen LogP contribution in [0.5, 0.6) is 0 Å². The summed E-state index contributed by atoms with van der Waals surface area (Å²) in [5, 5.41) is 3.74. The van der Waals surface area contributed by atoms with Gasteiger partial charge in [-0.15, -0.1) is 0 Å². The second-order valence-electron chi connectivity index (χ2n) is 6.36. The Balaban J connectivity index is 2.80. The second-order valence-corrected chi connectivity index (χ2v) is 6.36. The molecule has 0 aliphatic rings. The first kappa shape index (κ1) is 16.2. The molecule has 1 aromatic carbocycles. The second kappa shape index (κ2) is 7.69. The summed E-state index contributed by atoms with van der Waals surface area (Å²) >= 11 is 0. The van der Waals surface area contributed by atoms with E-state index in [4.69, 9.17) is 0 Å². The third-order valence-corrected chi connectivity index (χ3v) is 4.08. The molecule has 0 spiro atoms. The Kier molecular flexibility index (Phi) is 6.57. The van der Waals surface area contributed by atoms with Crippen LogP contribution in [0.2, 0.25) is 0 Å². The number of rotatable bonds is 7. The van der Waals surface area contributed by atoms with E-state index in [0.29, 0.717) is 12.0 Å². The summed E-state index contributed by atoms with van der Waals surface area (Å²) in [5.41, 5.74) is 4.22. The van der Waals surface area contributed by atoms with Crippen LogP contribution in [0.15, 0.2) is 18.2 Å². The van der Waals surface area contributed by atoms with E-state index in [-0.39, 0.29) is 0 Å². The van der Waals surface area contributed by atoms with E-state index < -0.39 is 0 Å². The van der Waals surface area contributed by atoms with Gasteiger partial charge in [0.05, 0.1) is 0 Å². The zero-order valence-electron chi connectivity index (χ0n) is 13.6. The van der Waals surface area contributed by atoms with Gasteiger partial charge in [-0.3, -0.25) is 0 Å². The lowest BCUT2D eigenvalue weighted by Crippen LogP contribution is -2.39. The summed E-state index contributed by atoms with van der Waals surface area (Å²) < 4.78 is 0. The first-order valence-corrected chi connectivity index (χ1v) is 7.74. The molecule has 1 rings (SSSR count). The third-order valence-electron chi connectivity index (χ3n) is 4.08. The molecule has 108 valence electrons. The molecule has 1 aromatic rings. The number of hydrogen-bond acceptors (Lipinski definition) is 1. The van der Waals surface area contributed by atoms with E-state index in [2.05, 4.69) is 65.1 Å². The molecule has 0 aromatic heterocycles. The van der Waals surface area contributed by atoms with Gasteiger partial charge in [0.15, 0.2) is 0 Å². The van der Waals surface area contributed by atoms with Gasteiger partial charge in [-0.2, -0.15) is 0 Å². The van der Waals surface area contributed by atoms with E-state index in [1.165, 1.54) is 23.1 Å². The van der Waals surface area contributed by atoms with Crippen molar-refractivity contribution in [1.82, 2.24) is 5.32 Å². The third kappa shape index (κ3) is 5.36. The van der Waals surface area contributed by atoms with Gasteiger partial charge in [0.25, 0.3) is 0 Å². The molecule has 0 radical (unpaired) electrons. The number of aryl methyl sites for hydroxylation is 2. The summed E-state index contributed by atoms with van der Waals surface area (Å²) in [4.78, 5) is 0. The average Bonchev–Trinajstić information content (AvgIpc) is 2.32. The van der Waals surface area contributed by atoms with Crippen LogP contribution in [0.1, 0.15) is 50.8 Å². The largest absolute Gasteiger partial charge is 0.313 e. The van der Waals surface area contributed by atoms with E-state index in [9.17, 15) is 0 Å².